The molecule has 1 aromatic carbocycles. The molecule has 3 rings (SSSR count). The van der Waals surface area contributed by atoms with Gasteiger partial charge in [0.05, 0.1) is 13.2 Å². The number of hydrogen-bond acceptors (Lipinski definition) is 4. The second-order valence-electron chi connectivity index (χ2n) is 7.95. The second kappa shape index (κ2) is 9.49. The summed E-state index contributed by atoms with van der Waals surface area (Å²) in [6.07, 6.45) is 0.696. The summed E-state index contributed by atoms with van der Waals surface area (Å²) in [4.78, 5) is 17.5. The van der Waals surface area contributed by atoms with E-state index in [1.165, 1.54) is 5.56 Å². The van der Waals surface area contributed by atoms with Crippen LogP contribution in [0.3, 0.4) is 0 Å². The molecule has 0 N–H and O–H groups in total. The Hall–Kier alpha value is -1.43. The fourth-order valence-electron chi connectivity index (χ4n) is 3.78. The van der Waals surface area contributed by atoms with E-state index in [0.29, 0.717) is 25.0 Å². The summed E-state index contributed by atoms with van der Waals surface area (Å²) in [7, 11) is 0. The van der Waals surface area contributed by atoms with Gasteiger partial charge in [0.25, 0.3) is 5.91 Å². The van der Waals surface area contributed by atoms with Crippen molar-refractivity contribution in [2.75, 3.05) is 46.0 Å². The molecular formula is C21H32N2O3. The Labute approximate surface area is 157 Å². The quantitative estimate of drug-likeness (QED) is 0.749. The lowest BCUT2D eigenvalue weighted by molar-refractivity contribution is -0.151. The first-order chi connectivity index (χ1) is 12.6. The first-order valence-corrected chi connectivity index (χ1v) is 9.86. The molecule has 2 atom stereocenters. The van der Waals surface area contributed by atoms with Crippen molar-refractivity contribution in [3.05, 3.63) is 35.9 Å². The average Bonchev–Trinajstić information content (AvgIpc) is 3.14. The van der Waals surface area contributed by atoms with Crippen LogP contribution in [-0.4, -0.2) is 67.8 Å². The minimum absolute atomic E-state index is 0.142. The number of nitrogens with zero attached hydrogens (tertiary/aromatic N) is 2. The van der Waals surface area contributed by atoms with Crippen LogP contribution in [0.15, 0.2) is 30.3 Å². The van der Waals surface area contributed by atoms with Crippen molar-refractivity contribution >= 4 is 5.91 Å². The summed E-state index contributed by atoms with van der Waals surface area (Å²) in [5.74, 6) is 1.05. The van der Waals surface area contributed by atoms with Crippen LogP contribution < -0.4 is 0 Å². The highest BCUT2D eigenvalue weighted by molar-refractivity contribution is 5.81. The standard InChI is InChI=1S/C21H32N2O3/c1-17(2)12-23(14-19-8-10-25-16-19)21(24)20-15-22(9-11-26-20)13-18-6-4-3-5-7-18/h3-7,17,19-20H,8-16H2,1-2H3. The lowest BCUT2D eigenvalue weighted by Crippen LogP contribution is -2.52. The third-order valence-corrected chi connectivity index (χ3v) is 5.07. The molecule has 5 nitrogen and oxygen atoms in total. The van der Waals surface area contributed by atoms with Crippen molar-refractivity contribution in [3.63, 3.8) is 0 Å². The maximum Gasteiger partial charge on any atom is 0.253 e. The SMILES string of the molecule is CC(C)CN(CC1CCOC1)C(=O)C1CN(Cc2ccccc2)CCO1. The van der Waals surface area contributed by atoms with Crippen LogP contribution in [0.2, 0.25) is 0 Å². The normalized spacial score (nSPS) is 24.1. The maximum atomic E-state index is 13.2. The third-order valence-electron chi connectivity index (χ3n) is 5.07. The van der Waals surface area contributed by atoms with Crippen molar-refractivity contribution in [2.45, 2.75) is 32.9 Å². The third kappa shape index (κ3) is 5.53. The fraction of sp³-hybridized carbons (Fsp3) is 0.667. The first-order valence-electron chi connectivity index (χ1n) is 9.86. The zero-order valence-corrected chi connectivity index (χ0v) is 16.1. The Morgan fingerprint density at radius 3 is 2.77 bits per heavy atom. The van der Waals surface area contributed by atoms with Gasteiger partial charge in [-0.05, 0) is 17.9 Å². The van der Waals surface area contributed by atoms with Gasteiger partial charge in [-0.25, -0.2) is 0 Å². The van der Waals surface area contributed by atoms with Gasteiger partial charge < -0.3 is 14.4 Å². The Bertz CT molecular complexity index is 558. The molecular weight excluding hydrogens is 328 g/mol. The van der Waals surface area contributed by atoms with Gasteiger partial charge in [-0.3, -0.25) is 9.69 Å². The topological polar surface area (TPSA) is 42.0 Å². The number of rotatable bonds is 7. The number of amides is 1. The van der Waals surface area contributed by atoms with Gasteiger partial charge in [-0.15, -0.1) is 0 Å². The van der Waals surface area contributed by atoms with Gasteiger partial charge in [-0.2, -0.15) is 0 Å². The molecule has 144 valence electrons. The van der Waals surface area contributed by atoms with E-state index in [2.05, 4.69) is 43.0 Å². The molecule has 2 heterocycles. The van der Waals surface area contributed by atoms with E-state index in [4.69, 9.17) is 9.47 Å². The number of morpholine rings is 1. The van der Waals surface area contributed by atoms with Crippen LogP contribution in [0.1, 0.15) is 25.8 Å². The predicted molar refractivity (Wildman–Crippen MR) is 102 cm³/mol. The van der Waals surface area contributed by atoms with E-state index in [-0.39, 0.29) is 12.0 Å². The fourth-order valence-corrected chi connectivity index (χ4v) is 3.78. The monoisotopic (exact) mass is 360 g/mol. The van der Waals surface area contributed by atoms with Crippen molar-refractivity contribution in [3.8, 4) is 0 Å². The molecule has 0 bridgehead atoms. The zero-order valence-electron chi connectivity index (χ0n) is 16.1. The maximum absolute atomic E-state index is 13.2. The Kier molecular flexibility index (Phi) is 7.06. The smallest absolute Gasteiger partial charge is 0.253 e. The summed E-state index contributed by atoms with van der Waals surface area (Å²) in [5, 5.41) is 0. The minimum Gasteiger partial charge on any atom is -0.381 e. The molecule has 1 amide bonds. The van der Waals surface area contributed by atoms with Gasteiger partial charge in [0.1, 0.15) is 6.10 Å². The molecule has 0 radical (unpaired) electrons. The van der Waals surface area contributed by atoms with E-state index in [9.17, 15) is 4.79 Å². The molecule has 2 aliphatic heterocycles. The molecule has 2 unspecified atom stereocenters. The second-order valence-corrected chi connectivity index (χ2v) is 7.95. The van der Waals surface area contributed by atoms with E-state index in [1.807, 2.05) is 11.0 Å². The van der Waals surface area contributed by atoms with Crippen LogP contribution in [0.4, 0.5) is 0 Å². The van der Waals surface area contributed by atoms with Crippen LogP contribution in [0.5, 0.6) is 0 Å². The lowest BCUT2D eigenvalue weighted by Gasteiger charge is -2.36. The van der Waals surface area contributed by atoms with E-state index < -0.39 is 0 Å². The Morgan fingerprint density at radius 2 is 2.08 bits per heavy atom. The number of carbonyl (C=O) groups is 1. The van der Waals surface area contributed by atoms with E-state index >= 15 is 0 Å². The van der Waals surface area contributed by atoms with Crippen LogP contribution in [0.25, 0.3) is 0 Å². The minimum atomic E-state index is -0.353. The Morgan fingerprint density at radius 1 is 1.27 bits per heavy atom. The number of carbonyl (C=O) groups excluding carboxylic acids is 1. The van der Waals surface area contributed by atoms with Crippen molar-refractivity contribution in [1.82, 2.24) is 9.80 Å². The van der Waals surface area contributed by atoms with Crippen molar-refractivity contribution in [2.24, 2.45) is 11.8 Å². The summed E-state index contributed by atoms with van der Waals surface area (Å²) < 4.78 is 11.4. The highest BCUT2D eigenvalue weighted by atomic mass is 16.5. The van der Waals surface area contributed by atoms with Gasteiger partial charge in [0.2, 0.25) is 0 Å². The van der Waals surface area contributed by atoms with Crippen LogP contribution in [-0.2, 0) is 20.8 Å². The molecule has 26 heavy (non-hydrogen) atoms. The molecule has 0 spiro atoms. The number of benzene rings is 1. The van der Waals surface area contributed by atoms with Crippen LogP contribution in [0, 0.1) is 11.8 Å². The van der Waals surface area contributed by atoms with Crippen molar-refractivity contribution < 1.29 is 14.3 Å². The molecule has 2 saturated heterocycles. The van der Waals surface area contributed by atoms with E-state index in [0.717, 1.165) is 45.8 Å². The number of ether oxygens (including phenoxy) is 2. The Balaban J connectivity index is 1.59. The molecule has 5 heteroatoms. The first kappa shape index (κ1) is 19.3. The molecule has 2 aliphatic rings. The molecule has 2 fully saturated rings. The highest BCUT2D eigenvalue weighted by Gasteiger charge is 2.32. The summed E-state index contributed by atoms with van der Waals surface area (Å²) in [6, 6.07) is 10.4. The van der Waals surface area contributed by atoms with Gasteiger partial charge in [0.15, 0.2) is 0 Å². The summed E-state index contributed by atoms with van der Waals surface area (Å²) >= 11 is 0. The predicted octanol–water partition coefficient (Wildman–Crippen LogP) is 2.41. The zero-order chi connectivity index (χ0) is 18.4. The molecule has 0 aromatic heterocycles. The molecule has 0 aliphatic carbocycles. The van der Waals surface area contributed by atoms with Crippen LogP contribution >= 0.6 is 0 Å². The highest BCUT2D eigenvalue weighted by Crippen LogP contribution is 2.18. The van der Waals surface area contributed by atoms with Gasteiger partial charge in [0, 0.05) is 45.2 Å². The number of hydrogen-bond donors (Lipinski definition) is 0. The molecule has 0 saturated carbocycles. The lowest BCUT2D eigenvalue weighted by atomic mass is 10.1. The van der Waals surface area contributed by atoms with Gasteiger partial charge in [-0.1, -0.05) is 44.2 Å². The van der Waals surface area contributed by atoms with Gasteiger partial charge >= 0.3 is 0 Å². The largest absolute Gasteiger partial charge is 0.381 e. The average molecular weight is 360 g/mol. The van der Waals surface area contributed by atoms with E-state index in [1.54, 1.807) is 0 Å². The van der Waals surface area contributed by atoms with Crippen molar-refractivity contribution in [1.29, 1.82) is 0 Å². The summed E-state index contributed by atoms with van der Waals surface area (Å²) in [5.41, 5.74) is 1.28. The molecule has 1 aromatic rings. The summed E-state index contributed by atoms with van der Waals surface area (Å²) in [6.45, 7) is 10.5.